The van der Waals surface area contributed by atoms with Gasteiger partial charge in [0, 0.05) is 5.56 Å². The zero-order chi connectivity index (χ0) is 11.6. The number of hydrogen-bond donors (Lipinski definition) is 1. The van der Waals surface area contributed by atoms with E-state index in [0.29, 0.717) is 0 Å². The Morgan fingerprint density at radius 1 is 1.19 bits per heavy atom. The molecule has 0 aliphatic carbocycles. The van der Waals surface area contributed by atoms with Crippen molar-refractivity contribution in [3.05, 3.63) is 35.9 Å². The maximum Gasteiger partial charge on any atom is 0.126 e. The van der Waals surface area contributed by atoms with Gasteiger partial charge in [0.25, 0.3) is 0 Å². The minimum Gasteiger partial charge on any atom is -0.493 e. The van der Waals surface area contributed by atoms with E-state index in [-0.39, 0.29) is 0 Å². The number of unbranched alkanes of at least 4 members (excludes halogenated alkanes) is 2. The van der Waals surface area contributed by atoms with Crippen molar-refractivity contribution < 1.29 is 4.74 Å². The van der Waals surface area contributed by atoms with Crippen molar-refractivity contribution in [2.45, 2.75) is 26.2 Å². The number of nitrogens with two attached hydrogens (primary N) is 1. The average molecular weight is 219 g/mol. The monoisotopic (exact) mass is 219 g/mol. The molecule has 0 bridgehead atoms. The molecule has 0 saturated carbocycles. The third kappa shape index (κ3) is 4.49. The summed E-state index contributed by atoms with van der Waals surface area (Å²) in [5, 5.41) is 0. The van der Waals surface area contributed by atoms with E-state index in [1.807, 2.05) is 31.2 Å². The van der Waals surface area contributed by atoms with Gasteiger partial charge in [-0.3, -0.25) is 0 Å². The summed E-state index contributed by atoms with van der Waals surface area (Å²) in [7, 11) is 0. The molecular weight excluding hydrogens is 198 g/mol. The molecule has 16 heavy (non-hydrogen) atoms. The molecule has 1 rings (SSSR count). The number of benzene rings is 1. The Morgan fingerprint density at radius 2 is 2.00 bits per heavy atom. The minimum absolute atomic E-state index is 0.772. The van der Waals surface area contributed by atoms with E-state index in [0.717, 1.165) is 43.7 Å². The summed E-state index contributed by atoms with van der Waals surface area (Å²) in [6.07, 6.45) is 7.38. The van der Waals surface area contributed by atoms with Crippen LogP contribution in [0.25, 0.3) is 6.08 Å². The van der Waals surface area contributed by atoms with E-state index in [9.17, 15) is 0 Å². The van der Waals surface area contributed by atoms with Crippen LogP contribution in [0, 0.1) is 0 Å². The van der Waals surface area contributed by atoms with Crippen LogP contribution in [0.5, 0.6) is 5.75 Å². The van der Waals surface area contributed by atoms with Gasteiger partial charge in [-0.1, -0.05) is 30.4 Å². The lowest BCUT2D eigenvalue weighted by Crippen LogP contribution is -2.02. The van der Waals surface area contributed by atoms with Crippen LogP contribution >= 0.6 is 0 Å². The molecule has 1 aromatic carbocycles. The number of ether oxygens (including phenoxy) is 1. The minimum atomic E-state index is 0.772. The van der Waals surface area contributed by atoms with Crippen LogP contribution in [-0.4, -0.2) is 13.2 Å². The van der Waals surface area contributed by atoms with Gasteiger partial charge in [0.15, 0.2) is 0 Å². The van der Waals surface area contributed by atoms with E-state index in [2.05, 4.69) is 12.1 Å². The van der Waals surface area contributed by atoms with Gasteiger partial charge in [0.2, 0.25) is 0 Å². The van der Waals surface area contributed by atoms with Crippen molar-refractivity contribution in [3.8, 4) is 5.75 Å². The standard InChI is InChI=1S/C14H21NO/c1-2-8-13-9-4-5-10-14(13)16-12-7-3-6-11-15/h2,4-5,8-10H,3,6-7,11-12,15H2,1H3. The van der Waals surface area contributed by atoms with Gasteiger partial charge in [-0.05, 0) is 38.8 Å². The van der Waals surface area contributed by atoms with Gasteiger partial charge in [0.1, 0.15) is 5.75 Å². The van der Waals surface area contributed by atoms with Gasteiger partial charge in [-0.2, -0.15) is 0 Å². The maximum absolute atomic E-state index is 5.74. The van der Waals surface area contributed by atoms with E-state index >= 15 is 0 Å². The first-order valence-electron chi connectivity index (χ1n) is 5.93. The Balaban J connectivity index is 2.40. The highest BCUT2D eigenvalue weighted by molar-refractivity contribution is 5.56. The molecule has 0 fully saturated rings. The Hall–Kier alpha value is -1.28. The molecule has 0 atom stereocenters. The Morgan fingerprint density at radius 3 is 2.75 bits per heavy atom. The van der Waals surface area contributed by atoms with Crippen molar-refractivity contribution in [3.63, 3.8) is 0 Å². The lowest BCUT2D eigenvalue weighted by molar-refractivity contribution is 0.305. The highest BCUT2D eigenvalue weighted by Gasteiger charge is 1.98. The fraction of sp³-hybridized carbons (Fsp3) is 0.429. The highest BCUT2D eigenvalue weighted by Crippen LogP contribution is 2.19. The topological polar surface area (TPSA) is 35.2 Å². The highest BCUT2D eigenvalue weighted by atomic mass is 16.5. The molecule has 88 valence electrons. The summed E-state index contributed by atoms with van der Waals surface area (Å²) in [6, 6.07) is 8.10. The van der Waals surface area contributed by atoms with Crippen LogP contribution in [0.2, 0.25) is 0 Å². The van der Waals surface area contributed by atoms with Gasteiger partial charge < -0.3 is 10.5 Å². The average Bonchev–Trinajstić information content (AvgIpc) is 2.31. The second-order valence-corrected chi connectivity index (χ2v) is 3.74. The normalized spacial score (nSPS) is 10.9. The zero-order valence-corrected chi connectivity index (χ0v) is 9.99. The summed E-state index contributed by atoms with van der Waals surface area (Å²) in [5.74, 6) is 0.966. The molecule has 1 aromatic rings. The summed E-state index contributed by atoms with van der Waals surface area (Å²) in [5.41, 5.74) is 6.58. The molecule has 0 heterocycles. The molecule has 0 unspecified atom stereocenters. The molecule has 0 amide bonds. The molecule has 0 spiro atoms. The molecule has 0 aliphatic rings. The van der Waals surface area contributed by atoms with Crippen LogP contribution in [0.3, 0.4) is 0 Å². The molecule has 0 saturated heterocycles. The molecule has 0 aromatic heterocycles. The first kappa shape index (κ1) is 12.8. The first-order valence-corrected chi connectivity index (χ1v) is 5.93. The fourth-order valence-electron chi connectivity index (χ4n) is 1.53. The smallest absolute Gasteiger partial charge is 0.126 e. The van der Waals surface area contributed by atoms with E-state index in [1.165, 1.54) is 0 Å². The lowest BCUT2D eigenvalue weighted by Gasteiger charge is -2.08. The Labute approximate surface area is 98.1 Å². The SMILES string of the molecule is CC=Cc1ccccc1OCCCCCN. The molecule has 2 nitrogen and oxygen atoms in total. The number of allylic oxidation sites excluding steroid dienone is 1. The van der Waals surface area contributed by atoms with E-state index < -0.39 is 0 Å². The molecule has 2 N–H and O–H groups in total. The van der Waals surface area contributed by atoms with Crippen molar-refractivity contribution in [2.75, 3.05) is 13.2 Å². The summed E-state index contributed by atoms with van der Waals surface area (Å²) in [4.78, 5) is 0. The lowest BCUT2D eigenvalue weighted by atomic mass is 10.2. The first-order chi connectivity index (χ1) is 7.88. The van der Waals surface area contributed by atoms with Crippen molar-refractivity contribution in [1.29, 1.82) is 0 Å². The van der Waals surface area contributed by atoms with Crippen molar-refractivity contribution >= 4 is 6.08 Å². The van der Waals surface area contributed by atoms with Gasteiger partial charge in [0.05, 0.1) is 6.61 Å². The second kappa shape index (κ2) is 7.94. The van der Waals surface area contributed by atoms with Crippen LogP contribution in [0.15, 0.2) is 30.3 Å². The third-order valence-electron chi connectivity index (χ3n) is 2.37. The second-order valence-electron chi connectivity index (χ2n) is 3.74. The number of hydrogen-bond acceptors (Lipinski definition) is 2. The van der Waals surface area contributed by atoms with E-state index in [4.69, 9.17) is 10.5 Å². The zero-order valence-electron chi connectivity index (χ0n) is 9.99. The third-order valence-corrected chi connectivity index (χ3v) is 2.37. The van der Waals surface area contributed by atoms with Crippen LogP contribution < -0.4 is 10.5 Å². The number of para-hydroxylation sites is 1. The largest absolute Gasteiger partial charge is 0.493 e. The predicted octanol–water partition coefficient (Wildman–Crippen LogP) is 3.23. The molecule has 0 aliphatic heterocycles. The van der Waals surface area contributed by atoms with E-state index in [1.54, 1.807) is 0 Å². The summed E-state index contributed by atoms with van der Waals surface area (Å²) < 4.78 is 5.74. The molecule has 0 radical (unpaired) electrons. The van der Waals surface area contributed by atoms with Gasteiger partial charge >= 0.3 is 0 Å². The van der Waals surface area contributed by atoms with Gasteiger partial charge in [-0.15, -0.1) is 0 Å². The van der Waals surface area contributed by atoms with Crippen LogP contribution in [0.4, 0.5) is 0 Å². The van der Waals surface area contributed by atoms with Crippen LogP contribution in [0.1, 0.15) is 31.7 Å². The van der Waals surface area contributed by atoms with Crippen molar-refractivity contribution in [2.24, 2.45) is 5.73 Å². The van der Waals surface area contributed by atoms with Crippen molar-refractivity contribution in [1.82, 2.24) is 0 Å². The Kier molecular flexibility index (Phi) is 6.35. The fourth-order valence-corrected chi connectivity index (χ4v) is 1.53. The maximum atomic E-state index is 5.74. The molecular formula is C14H21NO. The predicted molar refractivity (Wildman–Crippen MR) is 69.6 cm³/mol. The van der Waals surface area contributed by atoms with Crippen LogP contribution in [-0.2, 0) is 0 Å². The Bertz CT molecular complexity index is 320. The quantitative estimate of drug-likeness (QED) is 0.715. The molecule has 2 heteroatoms. The van der Waals surface area contributed by atoms with Gasteiger partial charge in [-0.25, -0.2) is 0 Å². The summed E-state index contributed by atoms with van der Waals surface area (Å²) in [6.45, 7) is 3.56. The summed E-state index contributed by atoms with van der Waals surface area (Å²) >= 11 is 0. The number of rotatable bonds is 7.